The molecule has 1 aliphatic heterocycles. The molecule has 1 N–H and O–H groups in total. The number of hydrogen-bond donors (Lipinski definition) is 1. The first-order valence-electron chi connectivity index (χ1n) is 11.0. The van der Waals surface area contributed by atoms with Gasteiger partial charge in [0, 0.05) is 44.3 Å². The van der Waals surface area contributed by atoms with E-state index in [1.54, 1.807) is 0 Å². The second-order valence-electron chi connectivity index (χ2n) is 8.21. The zero-order valence-electron chi connectivity index (χ0n) is 17.1. The average molecular weight is 391 g/mol. The average Bonchev–Trinajstić information content (AvgIpc) is 3.16. The van der Waals surface area contributed by atoms with Gasteiger partial charge in [0.25, 0.3) is 0 Å². The summed E-state index contributed by atoms with van der Waals surface area (Å²) in [6.07, 6.45) is 11.1. The molecule has 3 rings (SSSR count). The number of piperidine rings is 1. The number of carbonyl (C=O) groups is 2. The Balaban J connectivity index is 1.31. The van der Waals surface area contributed by atoms with Crippen LogP contribution in [0.5, 0.6) is 0 Å². The molecule has 2 heterocycles. The van der Waals surface area contributed by atoms with Crippen molar-refractivity contribution in [3.8, 4) is 0 Å². The van der Waals surface area contributed by atoms with Crippen molar-refractivity contribution in [3.63, 3.8) is 0 Å². The summed E-state index contributed by atoms with van der Waals surface area (Å²) in [4.78, 5) is 31.2. The summed E-state index contributed by atoms with van der Waals surface area (Å²) in [6, 6.07) is 0.183. The van der Waals surface area contributed by atoms with Gasteiger partial charge in [-0.1, -0.05) is 31.3 Å². The molecule has 156 valence electrons. The van der Waals surface area contributed by atoms with Gasteiger partial charge < -0.3 is 14.7 Å². The Bertz CT molecular complexity index is 631. The lowest BCUT2D eigenvalue weighted by molar-refractivity contribution is -0.137. The van der Waals surface area contributed by atoms with Crippen molar-refractivity contribution in [2.75, 3.05) is 13.1 Å². The second kappa shape index (κ2) is 10.6. The number of aromatic nitrogens is 2. The Labute approximate surface area is 167 Å². The highest BCUT2D eigenvalue weighted by atomic mass is 16.5. The molecule has 0 spiro atoms. The molecule has 0 radical (unpaired) electrons. The number of likely N-dealkylation sites (tertiary alicyclic amines) is 1. The Kier molecular flexibility index (Phi) is 7.86. The molecule has 7 heteroatoms. The van der Waals surface area contributed by atoms with E-state index in [0.29, 0.717) is 31.1 Å². The van der Waals surface area contributed by atoms with Crippen molar-refractivity contribution in [1.82, 2.24) is 20.4 Å². The third-order valence-corrected chi connectivity index (χ3v) is 5.90. The van der Waals surface area contributed by atoms with Crippen LogP contribution >= 0.6 is 0 Å². The van der Waals surface area contributed by atoms with Crippen LogP contribution in [0, 0.1) is 5.92 Å². The fourth-order valence-corrected chi connectivity index (χ4v) is 4.27. The lowest BCUT2D eigenvalue weighted by Crippen LogP contribution is -2.48. The summed E-state index contributed by atoms with van der Waals surface area (Å²) in [5, 5.41) is 7.06. The standard InChI is InChI=1S/C21H34N4O3/c1-2-7-18-23-20(28-24-18)11-6-10-19(26)22-17-12-14-25(15-13-17)21(27)16-8-4-3-5-9-16/h16-17H,2-15H2,1H3,(H,22,26). The molecule has 2 amide bonds. The molecule has 2 fully saturated rings. The second-order valence-corrected chi connectivity index (χ2v) is 8.21. The van der Waals surface area contributed by atoms with Gasteiger partial charge in [0.1, 0.15) is 0 Å². The number of aryl methyl sites for hydroxylation is 2. The summed E-state index contributed by atoms with van der Waals surface area (Å²) in [5.41, 5.74) is 0. The van der Waals surface area contributed by atoms with E-state index in [-0.39, 0.29) is 17.9 Å². The van der Waals surface area contributed by atoms with Gasteiger partial charge in [-0.05, 0) is 38.5 Å². The molecular formula is C21H34N4O3. The fraction of sp³-hybridized carbons (Fsp3) is 0.810. The third-order valence-electron chi connectivity index (χ3n) is 5.90. The number of nitrogens with one attached hydrogen (secondary N) is 1. The summed E-state index contributed by atoms with van der Waals surface area (Å²) in [5.74, 6) is 2.02. The Morgan fingerprint density at radius 3 is 2.57 bits per heavy atom. The van der Waals surface area contributed by atoms with Gasteiger partial charge in [0.05, 0.1) is 0 Å². The van der Waals surface area contributed by atoms with Crippen molar-refractivity contribution in [3.05, 3.63) is 11.7 Å². The van der Waals surface area contributed by atoms with Crippen molar-refractivity contribution in [2.45, 2.75) is 90.0 Å². The molecule has 0 unspecified atom stereocenters. The van der Waals surface area contributed by atoms with E-state index in [1.807, 2.05) is 4.90 Å². The molecule has 7 nitrogen and oxygen atoms in total. The minimum absolute atomic E-state index is 0.0744. The van der Waals surface area contributed by atoms with Gasteiger partial charge in [-0.25, -0.2) is 0 Å². The number of carbonyl (C=O) groups excluding carboxylic acids is 2. The highest BCUT2D eigenvalue weighted by Gasteiger charge is 2.29. The lowest BCUT2D eigenvalue weighted by atomic mass is 9.87. The predicted octanol–water partition coefficient (Wildman–Crippen LogP) is 3.03. The highest BCUT2D eigenvalue weighted by Crippen LogP contribution is 2.26. The van der Waals surface area contributed by atoms with Crippen LogP contribution in [0.25, 0.3) is 0 Å². The van der Waals surface area contributed by atoms with E-state index >= 15 is 0 Å². The zero-order chi connectivity index (χ0) is 19.8. The lowest BCUT2D eigenvalue weighted by Gasteiger charge is -2.35. The van der Waals surface area contributed by atoms with Crippen LogP contribution in [0.1, 0.15) is 82.8 Å². The third kappa shape index (κ3) is 6.04. The first kappa shape index (κ1) is 20.8. The molecule has 1 saturated heterocycles. The molecule has 0 bridgehead atoms. The van der Waals surface area contributed by atoms with Gasteiger partial charge >= 0.3 is 0 Å². The maximum absolute atomic E-state index is 12.6. The van der Waals surface area contributed by atoms with E-state index in [1.165, 1.54) is 19.3 Å². The van der Waals surface area contributed by atoms with Gasteiger partial charge in [0.2, 0.25) is 17.7 Å². The quantitative estimate of drug-likeness (QED) is 0.737. The van der Waals surface area contributed by atoms with Crippen LogP contribution in [-0.2, 0) is 22.4 Å². The Morgan fingerprint density at radius 1 is 1.11 bits per heavy atom. The smallest absolute Gasteiger partial charge is 0.226 e. The molecule has 1 aromatic rings. The van der Waals surface area contributed by atoms with Gasteiger partial charge in [-0.3, -0.25) is 9.59 Å². The summed E-state index contributed by atoms with van der Waals surface area (Å²) < 4.78 is 5.20. The van der Waals surface area contributed by atoms with Gasteiger partial charge in [-0.2, -0.15) is 4.98 Å². The van der Waals surface area contributed by atoms with Crippen molar-refractivity contribution < 1.29 is 14.1 Å². The minimum atomic E-state index is 0.0744. The molecule has 1 aromatic heterocycles. The van der Waals surface area contributed by atoms with E-state index < -0.39 is 0 Å². The number of amides is 2. The predicted molar refractivity (Wildman–Crippen MR) is 106 cm³/mol. The minimum Gasteiger partial charge on any atom is -0.353 e. The van der Waals surface area contributed by atoms with Crippen molar-refractivity contribution in [1.29, 1.82) is 0 Å². The van der Waals surface area contributed by atoms with Gasteiger partial charge in [0.15, 0.2) is 5.82 Å². The van der Waals surface area contributed by atoms with Crippen LogP contribution in [0.2, 0.25) is 0 Å². The van der Waals surface area contributed by atoms with Crippen LogP contribution in [0.3, 0.4) is 0 Å². The first-order chi connectivity index (χ1) is 13.7. The largest absolute Gasteiger partial charge is 0.353 e. The zero-order valence-corrected chi connectivity index (χ0v) is 17.1. The molecule has 0 atom stereocenters. The first-order valence-corrected chi connectivity index (χ1v) is 11.0. The topological polar surface area (TPSA) is 88.3 Å². The van der Waals surface area contributed by atoms with Crippen molar-refractivity contribution >= 4 is 11.8 Å². The molecule has 0 aromatic carbocycles. The number of hydrogen-bond acceptors (Lipinski definition) is 5. The molecule has 1 saturated carbocycles. The summed E-state index contributed by atoms with van der Waals surface area (Å²) in [7, 11) is 0. The fourth-order valence-electron chi connectivity index (χ4n) is 4.27. The molecule has 1 aliphatic carbocycles. The molecular weight excluding hydrogens is 356 g/mol. The number of rotatable bonds is 8. The van der Waals surface area contributed by atoms with E-state index in [2.05, 4.69) is 22.4 Å². The summed E-state index contributed by atoms with van der Waals surface area (Å²) >= 11 is 0. The monoisotopic (exact) mass is 390 g/mol. The SMILES string of the molecule is CCCc1noc(CCCC(=O)NC2CCN(C(=O)C3CCCCC3)CC2)n1. The molecule has 2 aliphatic rings. The van der Waals surface area contributed by atoms with Crippen LogP contribution in [0.15, 0.2) is 4.52 Å². The van der Waals surface area contributed by atoms with Crippen molar-refractivity contribution in [2.24, 2.45) is 5.92 Å². The van der Waals surface area contributed by atoms with E-state index in [0.717, 1.165) is 57.4 Å². The summed E-state index contributed by atoms with van der Waals surface area (Å²) in [6.45, 7) is 3.61. The van der Waals surface area contributed by atoms with Gasteiger partial charge in [-0.15, -0.1) is 0 Å². The van der Waals surface area contributed by atoms with Crippen LogP contribution in [-0.4, -0.2) is 46.0 Å². The maximum Gasteiger partial charge on any atom is 0.226 e. The van der Waals surface area contributed by atoms with E-state index in [9.17, 15) is 9.59 Å². The van der Waals surface area contributed by atoms with E-state index in [4.69, 9.17) is 4.52 Å². The Morgan fingerprint density at radius 2 is 1.86 bits per heavy atom. The normalized spacial score (nSPS) is 19.0. The molecule has 28 heavy (non-hydrogen) atoms. The Hall–Kier alpha value is -1.92. The van der Waals surface area contributed by atoms with Crippen LogP contribution < -0.4 is 5.32 Å². The number of nitrogens with zero attached hydrogens (tertiary/aromatic N) is 3. The highest BCUT2D eigenvalue weighted by molar-refractivity contribution is 5.79. The van der Waals surface area contributed by atoms with Crippen LogP contribution in [0.4, 0.5) is 0 Å². The maximum atomic E-state index is 12.6.